The van der Waals surface area contributed by atoms with Crippen molar-refractivity contribution in [1.29, 1.82) is 0 Å². The second-order valence-electron chi connectivity index (χ2n) is 12.2. The molecule has 302 valence electrons. The zero-order valence-electron chi connectivity index (χ0n) is 30.6. The smallest absolute Gasteiger partial charge is 0.335 e. The van der Waals surface area contributed by atoms with E-state index >= 15 is 0 Å². The molecule has 0 aliphatic carbocycles. The van der Waals surface area contributed by atoms with Gasteiger partial charge < -0.3 is 39.3 Å². The number of hydrogen-bond donors (Lipinski definition) is 3. The van der Waals surface area contributed by atoms with Crippen LogP contribution in [0.15, 0.2) is 48.5 Å². The second kappa shape index (κ2) is 22.4. The van der Waals surface area contributed by atoms with Crippen LogP contribution in [-0.2, 0) is 69.2 Å². The maximum atomic E-state index is 13.4. The van der Waals surface area contributed by atoms with Crippen LogP contribution in [0.5, 0.6) is 0 Å². The molecule has 2 heterocycles. The lowest BCUT2D eigenvalue weighted by molar-refractivity contribution is -0.198. The third-order valence-corrected chi connectivity index (χ3v) is 9.29. The molecule has 0 saturated carbocycles. The zero-order chi connectivity index (χ0) is 40.3. The Morgan fingerprint density at radius 3 is 1.93 bits per heavy atom. The summed E-state index contributed by atoms with van der Waals surface area (Å²) in [5, 5.41) is 3.16. The largest absolute Gasteiger partial charge is 0.379 e. The number of nitrogens with one attached hydrogen (secondary N) is 2. The Kier molecular flexibility index (Phi) is 17.4. The number of hydroxylamine groups is 2. The molecule has 0 spiro atoms. The molecule has 1 atom stereocenters. The third kappa shape index (κ3) is 14.1. The van der Waals surface area contributed by atoms with Crippen molar-refractivity contribution in [3.63, 3.8) is 0 Å². The van der Waals surface area contributed by atoms with Crippen LogP contribution < -0.4 is 15.5 Å². The van der Waals surface area contributed by atoms with Gasteiger partial charge in [0.2, 0.25) is 17.7 Å². The number of ether oxygens (including phenoxy) is 4. The molecular formula is C37H44N4O14S. The van der Waals surface area contributed by atoms with Crippen molar-refractivity contribution in [2.75, 3.05) is 70.8 Å². The van der Waals surface area contributed by atoms with Crippen molar-refractivity contribution in [2.24, 2.45) is 0 Å². The molecule has 4 rings (SSSR count). The summed E-state index contributed by atoms with van der Waals surface area (Å²) >= 11 is 0. The number of carbonyl (C=O) groups excluding carboxylic acids is 6. The lowest BCUT2D eigenvalue weighted by atomic mass is 10.0. The molecule has 2 aliphatic rings. The highest BCUT2D eigenvalue weighted by atomic mass is 32.2. The summed E-state index contributed by atoms with van der Waals surface area (Å²) in [6.45, 7) is 0.580. The average Bonchev–Trinajstić information content (AvgIpc) is 3.47. The summed E-state index contributed by atoms with van der Waals surface area (Å²) in [5.41, 5.74) is 2.87. The van der Waals surface area contributed by atoms with Crippen LogP contribution in [0.1, 0.15) is 48.8 Å². The second-order valence-corrected chi connectivity index (χ2v) is 13.8. The molecule has 19 heteroatoms. The van der Waals surface area contributed by atoms with Crippen molar-refractivity contribution >= 4 is 51.3 Å². The van der Waals surface area contributed by atoms with Crippen molar-refractivity contribution in [3.8, 4) is 11.8 Å². The number of carbonyl (C=O) groups is 6. The molecule has 3 N–H and O–H groups in total. The third-order valence-electron chi connectivity index (χ3n) is 8.19. The van der Waals surface area contributed by atoms with Gasteiger partial charge in [0.25, 0.3) is 21.9 Å². The summed E-state index contributed by atoms with van der Waals surface area (Å²) in [5.74, 6) is 2.32. The van der Waals surface area contributed by atoms with Gasteiger partial charge in [0.15, 0.2) is 5.25 Å². The Morgan fingerprint density at radius 1 is 0.732 bits per heavy atom. The van der Waals surface area contributed by atoms with Crippen molar-refractivity contribution < 1.29 is 65.5 Å². The van der Waals surface area contributed by atoms with Gasteiger partial charge in [-0.2, -0.15) is 8.42 Å². The molecular weight excluding hydrogens is 756 g/mol. The maximum Gasteiger partial charge on any atom is 0.335 e. The summed E-state index contributed by atoms with van der Waals surface area (Å²) in [6, 6.07) is 14.6. The number of rotatable bonds is 23. The SMILES string of the molecule is O=C(CCOCCOCCOCCOCCC(=O)ON1C(=O)CCC1=O)NCC(C(=O)NCCC(=O)N1Cc2ccccc2C#Cc2ccccc21)S(=O)(=O)O. The quantitative estimate of drug-likeness (QED) is 0.0593. The Labute approximate surface area is 323 Å². The lowest BCUT2D eigenvalue weighted by Gasteiger charge is -2.26. The highest BCUT2D eigenvalue weighted by Gasteiger charge is 2.33. The number of para-hydroxylation sites is 1. The van der Waals surface area contributed by atoms with Crippen LogP contribution in [0.3, 0.4) is 0 Å². The molecule has 18 nitrogen and oxygen atoms in total. The molecule has 2 aromatic carbocycles. The number of amides is 5. The number of anilines is 1. The molecule has 1 saturated heterocycles. The summed E-state index contributed by atoms with van der Waals surface area (Å²) in [6.07, 6.45) is -0.444. The predicted molar refractivity (Wildman–Crippen MR) is 196 cm³/mol. The van der Waals surface area contributed by atoms with E-state index in [0.717, 1.165) is 11.1 Å². The minimum atomic E-state index is -4.91. The maximum absolute atomic E-state index is 13.4. The fourth-order valence-electron chi connectivity index (χ4n) is 5.26. The van der Waals surface area contributed by atoms with Gasteiger partial charge in [-0.1, -0.05) is 42.2 Å². The van der Waals surface area contributed by atoms with Crippen molar-refractivity contribution in [3.05, 3.63) is 65.2 Å². The van der Waals surface area contributed by atoms with Gasteiger partial charge in [-0.05, 0) is 23.8 Å². The number of nitrogens with zero attached hydrogens (tertiary/aromatic N) is 2. The van der Waals surface area contributed by atoms with E-state index in [9.17, 15) is 41.7 Å². The first-order valence-electron chi connectivity index (χ1n) is 17.8. The lowest BCUT2D eigenvalue weighted by Crippen LogP contribution is -2.47. The van der Waals surface area contributed by atoms with Crippen molar-refractivity contribution in [2.45, 2.75) is 43.9 Å². The van der Waals surface area contributed by atoms with Gasteiger partial charge in [0.05, 0.1) is 71.5 Å². The van der Waals surface area contributed by atoms with Crippen LogP contribution in [-0.4, -0.2) is 125 Å². The topological polar surface area (TPSA) is 233 Å². The monoisotopic (exact) mass is 800 g/mol. The molecule has 0 radical (unpaired) electrons. The van der Waals surface area contributed by atoms with E-state index in [1.165, 1.54) is 0 Å². The standard InChI is InChI=1S/C37H44N4O14S/c42-32(14-17-51-19-21-53-23-24-54-22-20-52-18-15-36(46)55-41-34(44)11-12-35(41)45)39-25-31(56(48,49)50)37(47)38-16-13-33(43)40-26-29-7-2-1-5-27(29)9-10-28-6-3-4-8-30(28)40/h1-8,31H,11-26H2,(H,38,47)(H,39,42)(H,48,49,50). The van der Waals surface area contributed by atoms with Crippen molar-refractivity contribution in [1.82, 2.24) is 15.7 Å². The predicted octanol–water partition coefficient (Wildman–Crippen LogP) is 0.266. The average molecular weight is 801 g/mol. The fraction of sp³-hybridized carbons (Fsp3) is 0.459. The minimum Gasteiger partial charge on any atom is -0.379 e. The van der Waals surface area contributed by atoms with Gasteiger partial charge in [0, 0.05) is 49.9 Å². The first kappa shape index (κ1) is 43.5. The normalized spacial score (nSPS) is 14.1. The highest BCUT2D eigenvalue weighted by molar-refractivity contribution is 7.87. The molecule has 0 bridgehead atoms. The van der Waals surface area contributed by atoms with Gasteiger partial charge in [-0.3, -0.25) is 28.5 Å². The Morgan fingerprint density at radius 2 is 1.29 bits per heavy atom. The van der Waals surface area contributed by atoms with Crippen LogP contribution >= 0.6 is 0 Å². The van der Waals surface area contributed by atoms with Crippen LogP contribution in [0.4, 0.5) is 5.69 Å². The molecule has 5 amide bonds. The first-order valence-corrected chi connectivity index (χ1v) is 19.3. The summed E-state index contributed by atoms with van der Waals surface area (Å²) in [4.78, 5) is 79.3. The van der Waals surface area contributed by atoms with E-state index in [2.05, 4.69) is 22.5 Å². The Hall–Kier alpha value is -5.23. The Balaban J connectivity index is 1.03. The van der Waals surface area contributed by atoms with Gasteiger partial charge in [0.1, 0.15) is 0 Å². The zero-order valence-corrected chi connectivity index (χ0v) is 31.4. The van der Waals surface area contributed by atoms with Crippen LogP contribution in [0.2, 0.25) is 0 Å². The summed E-state index contributed by atoms with van der Waals surface area (Å²) < 4.78 is 55.0. The van der Waals surface area contributed by atoms with E-state index < -0.39 is 51.5 Å². The minimum absolute atomic E-state index is 0.0170. The highest BCUT2D eigenvalue weighted by Crippen LogP contribution is 2.26. The van der Waals surface area contributed by atoms with Crippen LogP contribution in [0, 0.1) is 11.8 Å². The summed E-state index contributed by atoms with van der Waals surface area (Å²) in [7, 11) is -4.91. The molecule has 56 heavy (non-hydrogen) atoms. The fourth-order valence-corrected chi connectivity index (χ4v) is 5.91. The van der Waals surface area contributed by atoms with Crippen LogP contribution in [0.25, 0.3) is 0 Å². The van der Waals surface area contributed by atoms with Gasteiger partial charge in [-0.15, -0.1) is 5.06 Å². The van der Waals surface area contributed by atoms with E-state index in [0.29, 0.717) is 16.3 Å². The van der Waals surface area contributed by atoms with Gasteiger partial charge >= 0.3 is 5.97 Å². The van der Waals surface area contributed by atoms with E-state index in [1.807, 2.05) is 30.3 Å². The van der Waals surface area contributed by atoms with Gasteiger partial charge in [-0.25, -0.2) is 4.79 Å². The molecule has 0 aromatic heterocycles. The van der Waals surface area contributed by atoms with E-state index in [-0.39, 0.29) is 104 Å². The number of benzene rings is 2. The molecule has 1 fully saturated rings. The number of hydrogen-bond acceptors (Lipinski definition) is 13. The Bertz CT molecular complexity index is 1880. The van der Waals surface area contributed by atoms with E-state index in [1.54, 1.807) is 23.1 Å². The molecule has 2 aliphatic heterocycles. The van der Waals surface area contributed by atoms with E-state index in [4.69, 9.17) is 23.8 Å². The first-order chi connectivity index (χ1) is 26.9. The number of imide groups is 1. The molecule has 1 unspecified atom stereocenters. The molecule has 2 aromatic rings. The number of fused-ring (bicyclic) bond motifs is 2.